The van der Waals surface area contributed by atoms with E-state index in [0.717, 1.165) is 30.1 Å². The van der Waals surface area contributed by atoms with Crippen LogP contribution in [-0.2, 0) is 17.9 Å². The molecule has 0 aliphatic carbocycles. The fraction of sp³-hybridized carbons (Fsp3) is 0.300. The monoisotopic (exact) mass is 467 g/mol. The highest BCUT2D eigenvalue weighted by atomic mass is 127. The Morgan fingerprint density at radius 3 is 2.46 bits per heavy atom. The number of nitrogens with zero attached hydrogens (tertiary/aromatic N) is 1. The van der Waals surface area contributed by atoms with Crippen molar-refractivity contribution in [3.8, 4) is 0 Å². The van der Waals surface area contributed by atoms with Crippen LogP contribution >= 0.6 is 24.0 Å². The predicted molar refractivity (Wildman–Crippen MR) is 116 cm³/mol. The molecule has 2 rings (SSSR count). The third-order valence-electron chi connectivity index (χ3n) is 3.60. The number of hydrogen-bond donors (Lipinski definition) is 2. The number of halogens is 1. The molecule has 0 atom stereocenters. The van der Waals surface area contributed by atoms with Gasteiger partial charge in [0.2, 0.25) is 0 Å². The van der Waals surface area contributed by atoms with E-state index < -0.39 is 0 Å². The highest BCUT2D eigenvalue weighted by molar-refractivity contribution is 14.0. The van der Waals surface area contributed by atoms with E-state index in [4.69, 9.17) is 4.74 Å². The number of hydrogen-bond acceptors (Lipinski definition) is 3. The van der Waals surface area contributed by atoms with Crippen molar-refractivity contribution in [2.24, 2.45) is 4.99 Å². The van der Waals surface area contributed by atoms with Gasteiger partial charge in [0.1, 0.15) is 6.61 Å². The van der Waals surface area contributed by atoms with Crippen molar-refractivity contribution in [2.75, 3.05) is 13.6 Å². The molecule has 2 N–H and O–H groups in total. The fourth-order valence-corrected chi connectivity index (χ4v) is 2.26. The Balaban J connectivity index is 0.00000338. The standard InChI is InChI=1S/C20H25N3O2.HI/c1-3-12-22-20(21-2)23-14-17-10-7-11-18(13-17)19(24)25-15-16-8-5-4-6-9-16;/h4-11,13H,3,12,14-15H2,1-2H3,(H2,21,22,23);1H. The summed E-state index contributed by atoms with van der Waals surface area (Å²) in [4.78, 5) is 16.4. The number of nitrogens with one attached hydrogen (secondary N) is 2. The van der Waals surface area contributed by atoms with Gasteiger partial charge < -0.3 is 15.4 Å². The van der Waals surface area contributed by atoms with Crippen LogP contribution in [0.1, 0.15) is 34.8 Å². The number of carbonyl (C=O) groups excluding carboxylic acids is 1. The van der Waals surface area contributed by atoms with Gasteiger partial charge in [0, 0.05) is 20.1 Å². The smallest absolute Gasteiger partial charge is 0.338 e. The zero-order valence-electron chi connectivity index (χ0n) is 15.2. The SMILES string of the molecule is CCCNC(=NC)NCc1cccc(C(=O)OCc2ccccc2)c1.I. The van der Waals surface area contributed by atoms with Gasteiger partial charge in [0.15, 0.2) is 5.96 Å². The minimum absolute atomic E-state index is 0. The summed E-state index contributed by atoms with van der Waals surface area (Å²) in [6.45, 7) is 3.83. The van der Waals surface area contributed by atoms with Crippen LogP contribution in [0.3, 0.4) is 0 Å². The average Bonchev–Trinajstić information content (AvgIpc) is 2.67. The lowest BCUT2D eigenvalue weighted by Crippen LogP contribution is -2.37. The van der Waals surface area contributed by atoms with Crippen molar-refractivity contribution in [1.29, 1.82) is 0 Å². The van der Waals surface area contributed by atoms with Crippen molar-refractivity contribution >= 4 is 35.9 Å². The molecule has 0 amide bonds. The molecule has 0 aliphatic rings. The summed E-state index contributed by atoms with van der Waals surface area (Å²) in [6.07, 6.45) is 1.03. The topological polar surface area (TPSA) is 62.7 Å². The van der Waals surface area contributed by atoms with Crippen LogP contribution in [0.25, 0.3) is 0 Å². The van der Waals surface area contributed by atoms with Gasteiger partial charge in [0.05, 0.1) is 5.56 Å². The zero-order valence-corrected chi connectivity index (χ0v) is 17.5. The molecule has 0 saturated heterocycles. The third kappa shape index (κ3) is 7.43. The second-order valence-electron chi connectivity index (χ2n) is 5.61. The van der Waals surface area contributed by atoms with Crippen LogP contribution in [0.4, 0.5) is 0 Å². The van der Waals surface area contributed by atoms with Crippen LogP contribution in [-0.4, -0.2) is 25.5 Å². The van der Waals surface area contributed by atoms with Gasteiger partial charge in [-0.05, 0) is 29.7 Å². The minimum atomic E-state index is -0.320. The lowest BCUT2D eigenvalue weighted by molar-refractivity contribution is 0.0472. The highest BCUT2D eigenvalue weighted by Crippen LogP contribution is 2.09. The van der Waals surface area contributed by atoms with Gasteiger partial charge in [-0.25, -0.2) is 4.79 Å². The summed E-state index contributed by atoms with van der Waals surface area (Å²) >= 11 is 0. The van der Waals surface area contributed by atoms with Gasteiger partial charge in [-0.3, -0.25) is 4.99 Å². The quantitative estimate of drug-likeness (QED) is 0.282. The van der Waals surface area contributed by atoms with Crippen LogP contribution in [0.2, 0.25) is 0 Å². The van der Waals surface area contributed by atoms with Crippen LogP contribution in [0, 0.1) is 0 Å². The number of esters is 1. The van der Waals surface area contributed by atoms with Gasteiger partial charge in [-0.1, -0.05) is 49.4 Å². The maximum absolute atomic E-state index is 12.2. The molecule has 0 radical (unpaired) electrons. The van der Waals surface area contributed by atoms with E-state index in [2.05, 4.69) is 22.5 Å². The maximum atomic E-state index is 12.2. The highest BCUT2D eigenvalue weighted by Gasteiger charge is 2.08. The van der Waals surface area contributed by atoms with Crippen molar-refractivity contribution < 1.29 is 9.53 Å². The van der Waals surface area contributed by atoms with Gasteiger partial charge in [-0.15, -0.1) is 24.0 Å². The van der Waals surface area contributed by atoms with Crippen molar-refractivity contribution in [2.45, 2.75) is 26.5 Å². The Morgan fingerprint density at radius 2 is 1.77 bits per heavy atom. The molecule has 0 heterocycles. The molecular formula is C20H26IN3O2. The summed E-state index contributed by atoms with van der Waals surface area (Å²) in [5.41, 5.74) is 2.51. The molecule has 0 fully saturated rings. The second kappa shape index (κ2) is 12.3. The summed E-state index contributed by atoms with van der Waals surface area (Å²) in [5.74, 6) is 0.429. The van der Waals surface area contributed by atoms with Crippen LogP contribution in [0.5, 0.6) is 0 Å². The Kier molecular flexibility index (Phi) is 10.4. The minimum Gasteiger partial charge on any atom is -0.457 e. The first-order valence-electron chi connectivity index (χ1n) is 8.47. The summed E-state index contributed by atoms with van der Waals surface area (Å²) < 4.78 is 5.37. The Labute approximate surface area is 172 Å². The first kappa shape index (κ1) is 22.0. The molecule has 6 heteroatoms. The zero-order chi connectivity index (χ0) is 17.9. The van der Waals surface area contributed by atoms with E-state index in [0.29, 0.717) is 12.1 Å². The molecule has 26 heavy (non-hydrogen) atoms. The van der Waals surface area contributed by atoms with E-state index in [9.17, 15) is 4.79 Å². The number of carbonyl (C=O) groups is 1. The number of aliphatic imine (C=N–C) groups is 1. The molecule has 2 aromatic carbocycles. The summed E-state index contributed by atoms with van der Waals surface area (Å²) in [5, 5.41) is 6.44. The Hall–Kier alpha value is -2.09. The van der Waals surface area contributed by atoms with Crippen molar-refractivity contribution in [3.63, 3.8) is 0 Å². The second-order valence-corrected chi connectivity index (χ2v) is 5.61. The van der Waals surface area contributed by atoms with Crippen LogP contribution in [0.15, 0.2) is 59.6 Å². The Morgan fingerprint density at radius 1 is 1.04 bits per heavy atom. The van der Waals surface area contributed by atoms with Crippen molar-refractivity contribution in [3.05, 3.63) is 71.3 Å². The van der Waals surface area contributed by atoms with E-state index in [1.165, 1.54) is 0 Å². The van der Waals surface area contributed by atoms with E-state index in [-0.39, 0.29) is 36.6 Å². The largest absolute Gasteiger partial charge is 0.457 e. The molecule has 5 nitrogen and oxygen atoms in total. The number of rotatable bonds is 7. The molecule has 0 spiro atoms. The molecule has 0 saturated carbocycles. The number of ether oxygens (including phenoxy) is 1. The predicted octanol–water partition coefficient (Wildman–Crippen LogP) is 3.74. The lowest BCUT2D eigenvalue weighted by Gasteiger charge is -2.12. The number of guanidine groups is 1. The first-order valence-corrected chi connectivity index (χ1v) is 8.47. The average molecular weight is 467 g/mol. The summed E-state index contributed by atoms with van der Waals surface area (Å²) in [7, 11) is 1.74. The van der Waals surface area contributed by atoms with Gasteiger partial charge in [0.25, 0.3) is 0 Å². The molecule has 0 aliphatic heterocycles. The van der Waals surface area contributed by atoms with E-state index in [1.807, 2.05) is 48.5 Å². The van der Waals surface area contributed by atoms with Crippen molar-refractivity contribution in [1.82, 2.24) is 10.6 Å². The molecule has 0 aromatic heterocycles. The Bertz CT molecular complexity index is 705. The summed E-state index contributed by atoms with van der Waals surface area (Å²) in [6, 6.07) is 17.1. The fourth-order valence-electron chi connectivity index (χ4n) is 2.26. The molecule has 0 bridgehead atoms. The molecule has 2 aromatic rings. The first-order chi connectivity index (χ1) is 12.2. The molecular weight excluding hydrogens is 441 g/mol. The lowest BCUT2D eigenvalue weighted by atomic mass is 10.1. The van der Waals surface area contributed by atoms with Gasteiger partial charge >= 0.3 is 5.97 Å². The van der Waals surface area contributed by atoms with E-state index >= 15 is 0 Å². The number of benzene rings is 2. The molecule has 140 valence electrons. The van der Waals surface area contributed by atoms with Gasteiger partial charge in [-0.2, -0.15) is 0 Å². The normalized spacial score (nSPS) is 10.6. The van der Waals surface area contributed by atoms with Crippen LogP contribution < -0.4 is 10.6 Å². The maximum Gasteiger partial charge on any atom is 0.338 e. The third-order valence-corrected chi connectivity index (χ3v) is 3.60. The van der Waals surface area contributed by atoms with E-state index in [1.54, 1.807) is 13.1 Å². The molecule has 0 unspecified atom stereocenters.